The average Bonchev–Trinajstić information content (AvgIpc) is 2.77. The first-order valence-electron chi connectivity index (χ1n) is 5.77. The molecule has 0 aliphatic rings. The molecule has 0 unspecified atom stereocenters. The van der Waals surface area contributed by atoms with Crippen molar-refractivity contribution in [3.8, 4) is 11.1 Å². The number of carbonyl (C=O) groups excluding carboxylic acids is 1. The van der Waals surface area contributed by atoms with Crippen molar-refractivity contribution < 1.29 is 4.79 Å². The largest absolute Gasteiger partial charge is 0.313 e. The molecule has 0 fully saturated rings. The molecule has 3 nitrogen and oxygen atoms in total. The number of hydrogen-bond acceptors (Lipinski definition) is 2. The number of nitrogens with zero attached hydrogens (tertiary/aromatic N) is 2. The zero-order chi connectivity index (χ0) is 12.5. The van der Waals surface area contributed by atoms with Gasteiger partial charge in [0.05, 0.1) is 5.69 Å². The van der Waals surface area contributed by atoms with E-state index in [1.807, 2.05) is 47.9 Å². The van der Waals surface area contributed by atoms with Gasteiger partial charge in [0.15, 0.2) is 6.29 Å². The van der Waals surface area contributed by atoms with Crippen LogP contribution in [0.5, 0.6) is 0 Å². The number of aryl methyl sites for hydroxylation is 1. The molecule has 3 heterocycles. The van der Waals surface area contributed by atoms with Crippen molar-refractivity contribution in [1.82, 2.24) is 9.38 Å². The molecular weight excluding hydrogens is 224 g/mol. The fourth-order valence-corrected chi connectivity index (χ4v) is 2.17. The van der Waals surface area contributed by atoms with E-state index < -0.39 is 0 Å². The minimum atomic E-state index is 0.668. The minimum absolute atomic E-state index is 0.668. The van der Waals surface area contributed by atoms with Gasteiger partial charge in [-0.15, -0.1) is 0 Å². The Morgan fingerprint density at radius 3 is 2.89 bits per heavy atom. The minimum Gasteiger partial charge on any atom is -0.313 e. The highest BCUT2D eigenvalue weighted by atomic mass is 16.1. The summed E-state index contributed by atoms with van der Waals surface area (Å²) in [6, 6.07) is 9.90. The number of hydrogen-bond donors (Lipinski definition) is 0. The van der Waals surface area contributed by atoms with Gasteiger partial charge in [-0.25, -0.2) is 0 Å². The highest BCUT2D eigenvalue weighted by Gasteiger charge is 2.11. The molecular formula is C15H12N2O. The van der Waals surface area contributed by atoms with Gasteiger partial charge in [-0.2, -0.15) is 0 Å². The van der Waals surface area contributed by atoms with Gasteiger partial charge in [0.2, 0.25) is 0 Å². The van der Waals surface area contributed by atoms with Crippen LogP contribution in [-0.2, 0) is 0 Å². The molecule has 3 heteroatoms. The molecule has 0 aromatic carbocycles. The van der Waals surface area contributed by atoms with Crippen molar-refractivity contribution in [2.45, 2.75) is 6.92 Å². The Labute approximate surface area is 105 Å². The molecule has 0 bridgehead atoms. The Kier molecular flexibility index (Phi) is 2.45. The number of aldehydes is 1. The molecule has 18 heavy (non-hydrogen) atoms. The predicted molar refractivity (Wildman–Crippen MR) is 70.8 cm³/mol. The normalized spacial score (nSPS) is 10.7. The first-order chi connectivity index (χ1) is 8.79. The van der Waals surface area contributed by atoms with Crippen molar-refractivity contribution in [3.63, 3.8) is 0 Å². The van der Waals surface area contributed by atoms with E-state index in [-0.39, 0.29) is 0 Å². The molecule has 0 aliphatic heterocycles. The lowest BCUT2D eigenvalue weighted by molar-refractivity contribution is 0.111. The Morgan fingerprint density at radius 1 is 1.28 bits per heavy atom. The first kappa shape index (κ1) is 10.7. The van der Waals surface area contributed by atoms with Gasteiger partial charge < -0.3 is 4.40 Å². The number of aromatic nitrogens is 2. The zero-order valence-electron chi connectivity index (χ0n) is 10.00. The van der Waals surface area contributed by atoms with E-state index in [0.29, 0.717) is 5.69 Å². The van der Waals surface area contributed by atoms with Crippen LogP contribution in [0.3, 0.4) is 0 Å². The lowest BCUT2D eigenvalue weighted by atomic mass is 10.1. The molecule has 3 aromatic rings. The smallest absolute Gasteiger partial charge is 0.167 e. The summed E-state index contributed by atoms with van der Waals surface area (Å²) in [4.78, 5) is 15.4. The van der Waals surface area contributed by atoms with Crippen molar-refractivity contribution in [2.75, 3.05) is 0 Å². The number of carbonyl (C=O) groups is 1. The van der Waals surface area contributed by atoms with E-state index in [4.69, 9.17) is 0 Å². The summed E-state index contributed by atoms with van der Waals surface area (Å²) in [6.45, 7) is 2.01. The fourth-order valence-electron chi connectivity index (χ4n) is 2.17. The number of fused-ring (bicyclic) bond motifs is 1. The quantitative estimate of drug-likeness (QED) is 0.641. The van der Waals surface area contributed by atoms with E-state index in [1.54, 1.807) is 12.4 Å². The number of pyridine rings is 2. The van der Waals surface area contributed by atoms with Crippen molar-refractivity contribution in [3.05, 3.63) is 60.2 Å². The molecule has 0 spiro atoms. The van der Waals surface area contributed by atoms with E-state index in [2.05, 4.69) is 4.98 Å². The molecule has 0 aliphatic carbocycles. The van der Waals surface area contributed by atoms with Gasteiger partial charge in [0.1, 0.15) is 0 Å². The summed E-state index contributed by atoms with van der Waals surface area (Å²) in [5, 5.41) is 0. The Bertz CT molecular complexity index is 714. The maximum Gasteiger partial charge on any atom is 0.167 e. The Balaban J connectivity index is 2.33. The lowest BCUT2D eigenvalue weighted by Gasteiger charge is -2.00. The van der Waals surface area contributed by atoms with E-state index in [0.717, 1.165) is 28.5 Å². The first-order valence-corrected chi connectivity index (χ1v) is 5.77. The molecule has 3 aromatic heterocycles. The van der Waals surface area contributed by atoms with E-state index in [9.17, 15) is 4.79 Å². The summed E-state index contributed by atoms with van der Waals surface area (Å²) in [7, 11) is 0. The third-order valence-corrected chi connectivity index (χ3v) is 3.04. The van der Waals surface area contributed by atoms with Crippen LogP contribution in [-0.4, -0.2) is 15.7 Å². The van der Waals surface area contributed by atoms with Crippen LogP contribution >= 0.6 is 0 Å². The number of rotatable bonds is 2. The second-order valence-electron chi connectivity index (χ2n) is 4.30. The molecule has 0 saturated heterocycles. The Morgan fingerprint density at radius 2 is 2.17 bits per heavy atom. The third kappa shape index (κ3) is 1.61. The van der Waals surface area contributed by atoms with Crippen molar-refractivity contribution in [1.29, 1.82) is 0 Å². The molecule has 0 N–H and O–H groups in total. The summed E-state index contributed by atoms with van der Waals surface area (Å²) in [5.41, 5.74) is 4.69. The molecule has 0 saturated carbocycles. The van der Waals surface area contributed by atoms with Gasteiger partial charge in [-0.05, 0) is 30.7 Å². The van der Waals surface area contributed by atoms with Crippen LogP contribution in [0.2, 0.25) is 0 Å². The molecule has 3 rings (SSSR count). The third-order valence-electron chi connectivity index (χ3n) is 3.04. The summed E-state index contributed by atoms with van der Waals surface area (Å²) in [6.07, 6.45) is 6.37. The molecule has 0 radical (unpaired) electrons. The van der Waals surface area contributed by atoms with Crippen LogP contribution in [0.4, 0.5) is 0 Å². The SMILES string of the molecule is Cc1ccc2cc(-c3cccnc3)c(C=O)n2c1. The van der Waals surface area contributed by atoms with E-state index >= 15 is 0 Å². The topological polar surface area (TPSA) is 34.4 Å². The average molecular weight is 236 g/mol. The Hall–Kier alpha value is -2.42. The van der Waals surface area contributed by atoms with Gasteiger partial charge in [-0.3, -0.25) is 9.78 Å². The van der Waals surface area contributed by atoms with Crippen LogP contribution < -0.4 is 0 Å². The van der Waals surface area contributed by atoms with Crippen molar-refractivity contribution >= 4 is 11.8 Å². The lowest BCUT2D eigenvalue weighted by Crippen LogP contribution is -1.93. The van der Waals surface area contributed by atoms with Gasteiger partial charge in [0, 0.05) is 35.2 Å². The summed E-state index contributed by atoms with van der Waals surface area (Å²) >= 11 is 0. The van der Waals surface area contributed by atoms with Crippen LogP contribution in [0.1, 0.15) is 16.1 Å². The summed E-state index contributed by atoms with van der Waals surface area (Å²) in [5.74, 6) is 0. The van der Waals surface area contributed by atoms with Gasteiger partial charge >= 0.3 is 0 Å². The second-order valence-corrected chi connectivity index (χ2v) is 4.30. The molecule has 0 atom stereocenters. The highest BCUT2D eigenvalue weighted by Crippen LogP contribution is 2.26. The highest BCUT2D eigenvalue weighted by molar-refractivity contribution is 5.89. The van der Waals surface area contributed by atoms with Crippen LogP contribution in [0, 0.1) is 6.92 Å². The molecule has 88 valence electrons. The maximum atomic E-state index is 11.3. The standard InChI is InChI=1S/C15H12N2O/c1-11-4-5-13-7-14(12-3-2-6-16-8-12)15(10-18)17(13)9-11/h2-10H,1H3. The predicted octanol–water partition coefficient (Wildman–Crippen LogP) is 3.12. The van der Waals surface area contributed by atoms with Crippen molar-refractivity contribution in [2.24, 2.45) is 0 Å². The second kappa shape index (κ2) is 4.11. The van der Waals surface area contributed by atoms with Gasteiger partial charge in [-0.1, -0.05) is 12.1 Å². The molecule has 0 amide bonds. The van der Waals surface area contributed by atoms with Crippen LogP contribution in [0.15, 0.2) is 48.9 Å². The van der Waals surface area contributed by atoms with Crippen LogP contribution in [0.25, 0.3) is 16.6 Å². The zero-order valence-corrected chi connectivity index (χ0v) is 10.00. The monoisotopic (exact) mass is 236 g/mol. The van der Waals surface area contributed by atoms with E-state index in [1.165, 1.54) is 0 Å². The van der Waals surface area contributed by atoms with Gasteiger partial charge in [0.25, 0.3) is 0 Å². The summed E-state index contributed by atoms with van der Waals surface area (Å²) < 4.78 is 1.92. The maximum absolute atomic E-state index is 11.3. The fraction of sp³-hybridized carbons (Fsp3) is 0.0667.